The zero-order chi connectivity index (χ0) is 24.7. The van der Waals surface area contributed by atoms with E-state index in [9.17, 15) is 0 Å². The molecule has 0 saturated carbocycles. The van der Waals surface area contributed by atoms with E-state index in [1.54, 1.807) is 12.1 Å². The molecule has 0 saturated heterocycles. The number of hydrogen-bond donors (Lipinski definition) is 0. The van der Waals surface area contributed by atoms with Crippen molar-refractivity contribution in [3.8, 4) is 39.8 Å². The minimum Gasteiger partial charge on any atom is -0.270 e. The van der Waals surface area contributed by atoms with Gasteiger partial charge in [0.15, 0.2) is 11.5 Å². The molecule has 0 unspecified atom stereocenters. The molecule has 2 aromatic carbocycles. The van der Waals surface area contributed by atoms with Crippen LogP contribution in [0.25, 0.3) is 44.9 Å². The Morgan fingerprint density at radius 1 is 0.914 bits per heavy atom. The second kappa shape index (κ2) is 8.69. The van der Waals surface area contributed by atoms with Crippen LogP contribution in [-0.4, -0.2) is 29.7 Å². The standard InChI is InChI=1S/C27H22FN7/c1-15(2)35-14-21(13-30-35)19-6-5-7-20(11-19)26-33-24(22-9-8-18(12-29)10-23(22)28)25-27(34-26)32-17(4)16(3)31-25/h5-11,13-15H,1-4H3. The van der Waals surface area contributed by atoms with Gasteiger partial charge in [-0.2, -0.15) is 10.4 Å². The van der Waals surface area contributed by atoms with E-state index in [2.05, 4.69) is 33.9 Å². The van der Waals surface area contributed by atoms with Gasteiger partial charge >= 0.3 is 0 Å². The number of aromatic nitrogens is 6. The van der Waals surface area contributed by atoms with Crippen molar-refractivity contribution in [3.63, 3.8) is 0 Å². The maximum Gasteiger partial charge on any atom is 0.182 e. The number of benzene rings is 2. The van der Waals surface area contributed by atoms with Crippen LogP contribution in [0.5, 0.6) is 0 Å². The first-order valence-corrected chi connectivity index (χ1v) is 11.2. The van der Waals surface area contributed by atoms with Gasteiger partial charge in [0.25, 0.3) is 0 Å². The van der Waals surface area contributed by atoms with Gasteiger partial charge in [-0.3, -0.25) is 4.68 Å². The molecule has 0 fully saturated rings. The average molecular weight is 464 g/mol. The van der Waals surface area contributed by atoms with E-state index in [0.717, 1.165) is 22.4 Å². The third-order valence-electron chi connectivity index (χ3n) is 5.88. The predicted octanol–water partition coefficient (Wildman–Crippen LogP) is 5.83. The van der Waals surface area contributed by atoms with Crippen molar-refractivity contribution >= 4 is 11.2 Å². The Bertz CT molecular complexity index is 1630. The third kappa shape index (κ3) is 4.13. The fraction of sp³-hybridized carbons (Fsp3) is 0.185. The lowest BCUT2D eigenvalue weighted by molar-refractivity contribution is 0.532. The maximum atomic E-state index is 15.0. The van der Waals surface area contributed by atoms with Crippen LogP contribution in [-0.2, 0) is 0 Å². The van der Waals surface area contributed by atoms with Crippen molar-refractivity contribution in [2.24, 2.45) is 0 Å². The first-order valence-electron chi connectivity index (χ1n) is 11.2. The Morgan fingerprint density at radius 2 is 1.69 bits per heavy atom. The van der Waals surface area contributed by atoms with Gasteiger partial charge in [0.1, 0.15) is 17.0 Å². The molecule has 7 nitrogen and oxygen atoms in total. The first-order chi connectivity index (χ1) is 16.8. The fourth-order valence-electron chi connectivity index (χ4n) is 3.81. The summed E-state index contributed by atoms with van der Waals surface area (Å²) in [7, 11) is 0. The van der Waals surface area contributed by atoms with Crippen molar-refractivity contribution in [3.05, 3.63) is 77.6 Å². The third-order valence-corrected chi connectivity index (χ3v) is 5.88. The Morgan fingerprint density at radius 3 is 2.40 bits per heavy atom. The summed E-state index contributed by atoms with van der Waals surface area (Å²) < 4.78 is 17.0. The van der Waals surface area contributed by atoms with Gasteiger partial charge in [0.2, 0.25) is 0 Å². The monoisotopic (exact) mass is 463 g/mol. The summed E-state index contributed by atoms with van der Waals surface area (Å²) in [5.41, 5.74) is 5.77. The Hall–Kier alpha value is -4.51. The lowest BCUT2D eigenvalue weighted by atomic mass is 10.0. The molecule has 3 heterocycles. The molecule has 35 heavy (non-hydrogen) atoms. The van der Waals surface area contributed by atoms with E-state index in [1.807, 2.05) is 61.3 Å². The molecule has 0 radical (unpaired) electrons. The Labute approximate surface area is 202 Å². The number of aryl methyl sites for hydroxylation is 2. The van der Waals surface area contributed by atoms with Crippen LogP contribution < -0.4 is 0 Å². The predicted molar refractivity (Wildman–Crippen MR) is 132 cm³/mol. The number of halogens is 1. The van der Waals surface area contributed by atoms with E-state index in [1.165, 1.54) is 6.07 Å². The molecule has 0 aliphatic rings. The molecular formula is C27H22FN7. The topological polar surface area (TPSA) is 93.2 Å². The minimum absolute atomic E-state index is 0.234. The maximum absolute atomic E-state index is 15.0. The summed E-state index contributed by atoms with van der Waals surface area (Å²) in [5.74, 6) is -0.142. The van der Waals surface area contributed by atoms with E-state index in [4.69, 9.17) is 10.2 Å². The van der Waals surface area contributed by atoms with Gasteiger partial charge in [0.05, 0.1) is 29.2 Å². The van der Waals surface area contributed by atoms with E-state index < -0.39 is 5.82 Å². The summed E-state index contributed by atoms with van der Waals surface area (Å²) in [6, 6.07) is 14.3. The summed E-state index contributed by atoms with van der Waals surface area (Å²) in [6.07, 6.45) is 3.83. The normalized spacial score (nSPS) is 11.2. The number of nitriles is 1. The highest BCUT2D eigenvalue weighted by molar-refractivity contribution is 5.89. The van der Waals surface area contributed by atoms with Gasteiger partial charge in [-0.05, 0) is 57.5 Å². The Balaban J connectivity index is 1.71. The van der Waals surface area contributed by atoms with Crippen molar-refractivity contribution in [2.75, 3.05) is 0 Å². The highest BCUT2D eigenvalue weighted by atomic mass is 19.1. The van der Waals surface area contributed by atoms with Crippen LogP contribution in [0.4, 0.5) is 4.39 Å². The van der Waals surface area contributed by atoms with Gasteiger partial charge in [-0.25, -0.2) is 24.3 Å². The first kappa shape index (κ1) is 22.3. The number of nitrogens with zero attached hydrogens (tertiary/aromatic N) is 7. The van der Waals surface area contributed by atoms with Gasteiger partial charge < -0.3 is 0 Å². The van der Waals surface area contributed by atoms with E-state index in [-0.39, 0.29) is 17.2 Å². The molecular weight excluding hydrogens is 441 g/mol. The summed E-state index contributed by atoms with van der Waals surface area (Å²) in [4.78, 5) is 18.7. The van der Waals surface area contributed by atoms with Crippen LogP contribution >= 0.6 is 0 Å². The van der Waals surface area contributed by atoms with E-state index >= 15 is 4.39 Å². The van der Waals surface area contributed by atoms with Crippen LogP contribution in [0.1, 0.15) is 36.8 Å². The lowest BCUT2D eigenvalue weighted by Gasteiger charge is -2.11. The number of rotatable bonds is 4. The highest BCUT2D eigenvalue weighted by Crippen LogP contribution is 2.31. The molecule has 0 aliphatic heterocycles. The van der Waals surface area contributed by atoms with Gasteiger partial charge in [-0.15, -0.1) is 0 Å². The largest absolute Gasteiger partial charge is 0.270 e. The lowest BCUT2D eigenvalue weighted by Crippen LogP contribution is -2.03. The van der Waals surface area contributed by atoms with Crippen molar-refractivity contribution in [1.29, 1.82) is 5.26 Å². The van der Waals surface area contributed by atoms with Crippen LogP contribution in [0.3, 0.4) is 0 Å². The van der Waals surface area contributed by atoms with Crippen molar-refractivity contribution < 1.29 is 4.39 Å². The molecule has 172 valence electrons. The molecule has 0 bridgehead atoms. The average Bonchev–Trinajstić information content (AvgIpc) is 3.35. The van der Waals surface area contributed by atoms with Gasteiger partial charge in [0, 0.05) is 28.9 Å². The second-order valence-corrected chi connectivity index (χ2v) is 8.65. The SMILES string of the molecule is Cc1nc2nc(-c3cccc(-c4cnn(C(C)C)c4)c3)nc(-c3ccc(C#N)cc3F)c2nc1C. The van der Waals surface area contributed by atoms with Crippen molar-refractivity contribution in [1.82, 2.24) is 29.7 Å². The summed E-state index contributed by atoms with van der Waals surface area (Å²) >= 11 is 0. The molecule has 8 heteroatoms. The molecule has 0 spiro atoms. The quantitative estimate of drug-likeness (QED) is 0.333. The minimum atomic E-state index is -0.551. The molecule has 0 N–H and O–H groups in total. The zero-order valence-electron chi connectivity index (χ0n) is 19.8. The molecule has 0 amide bonds. The molecule has 0 aliphatic carbocycles. The van der Waals surface area contributed by atoms with Crippen LogP contribution in [0.2, 0.25) is 0 Å². The molecule has 3 aromatic heterocycles. The fourth-order valence-corrected chi connectivity index (χ4v) is 3.81. The molecule has 5 rings (SSSR count). The summed E-state index contributed by atoms with van der Waals surface area (Å²) in [6.45, 7) is 7.85. The van der Waals surface area contributed by atoms with Crippen LogP contribution in [0, 0.1) is 31.0 Å². The van der Waals surface area contributed by atoms with Crippen LogP contribution in [0.15, 0.2) is 54.9 Å². The number of fused-ring (bicyclic) bond motifs is 1. The Kier molecular flexibility index (Phi) is 5.53. The number of hydrogen-bond acceptors (Lipinski definition) is 6. The van der Waals surface area contributed by atoms with Crippen molar-refractivity contribution in [2.45, 2.75) is 33.7 Å². The highest BCUT2D eigenvalue weighted by Gasteiger charge is 2.18. The van der Waals surface area contributed by atoms with Gasteiger partial charge in [-0.1, -0.05) is 18.2 Å². The van der Waals surface area contributed by atoms with E-state index in [0.29, 0.717) is 28.4 Å². The molecule has 5 aromatic rings. The molecule has 0 atom stereocenters. The zero-order valence-corrected chi connectivity index (χ0v) is 19.8. The smallest absolute Gasteiger partial charge is 0.182 e. The summed E-state index contributed by atoms with van der Waals surface area (Å²) in [5, 5.41) is 13.6. The second-order valence-electron chi connectivity index (χ2n) is 8.65.